The van der Waals surface area contributed by atoms with Crippen molar-refractivity contribution >= 4 is 16.5 Å². The fraction of sp³-hybridized carbons (Fsp3) is 0.100. The lowest BCUT2D eigenvalue weighted by Gasteiger charge is -2.00. The lowest BCUT2D eigenvalue weighted by Crippen LogP contribution is -2.09. The number of hydrogen-bond acceptors (Lipinski definition) is 4. The predicted octanol–water partition coefficient (Wildman–Crippen LogP) is 0.929. The quantitative estimate of drug-likeness (QED) is 0.581. The molecule has 6 nitrogen and oxygen atoms in total. The van der Waals surface area contributed by atoms with E-state index in [1.54, 1.807) is 6.07 Å². The Morgan fingerprint density at radius 2 is 2.12 bits per heavy atom. The maximum atomic E-state index is 11.5. The first-order valence-corrected chi connectivity index (χ1v) is 4.53. The molecule has 2 aromatic rings. The summed E-state index contributed by atoms with van der Waals surface area (Å²) < 4.78 is 0. The number of aromatic nitrogens is 1. The highest BCUT2D eigenvalue weighted by Gasteiger charge is 2.08. The molecule has 6 heteroatoms. The fourth-order valence-corrected chi connectivity index (χ4v) is 1.50. The third kappa shape index (κ3) is 1.66. The molecule has 0 unspecified atom stereocenters. The standard InChI is InChI=1S/C10H8N2O4/c13-5-7-3-6-1-2-8(12(15)16)4-9(6)10(14)11-7/h1-4,13H,5H2,(H,11,14). The van der Waals surface area contributed by atoms with Crippen LogP contribution >= 0.6 is 0 Å². The summed E-state index contributed by atoms with van der Waals surface area (Å²) in [5.74, 6) is 0. The monoisotopic (exact) mass is 220 g/mol. The third-order valence-corrected chi connectivity index (χ3v) is 2.27. The van der Waals surface area contributed by atoms with E-state index in [9.17, 15) is 14.9 Å². The van der Waals surface area contributed by atoms with Crippen molar-refractivity contribution in [3.63, 3.8) is 0 Å². The number of nitro benzene ring substituents is 1. The number of pyridine rings is 1. The van der Waals surface area contributed by atoms with Gasteiger partial charge in [-0.25, -0.2) is 0 Å². The Morgan fingerprint density at radius 1 is 1.38 bits per heavy atom. The number of hydrogen-bond donors (Lipinski definition) is 2. The van der Waals surface area contributed by atoms with Gasteiger partial charge in [-0.15, -0.1) is 0 Å². The highest BCUT2D eigenvalue weighted by molar-refractivity contribution is 5.83. The minimum atomic E-state index is -0.557. The number of nitrogens with one attached hydrogen (secondary N) is 1. The van der Waals surface area contributed by atoms with E-state index in [-0.39, 0.29) is 17.7 Å². The molecule has 0 radical (unpaired) electrons. The zero-order valence-electron chi connectivity index (χ0n) is 8.14. The maximum Gasteiger partial charge on any atom is 0.270 e. The lowest BCUT2D eigenvalue weighted by atomic mass is 10.1. The van der Waals surface area contributed by atoms with Gasteiger partial charge in [0, 0.05) is 17.8 Å². The van der Waals surface area contributed by atoms with Crippen molar-refractivity contribution in [2.24, 2.45) is 0 Å². The first-order valence-electron chi connectivity index (χ1n) is 4.53. The van der Waals surface area contributed by atoms with E-state index < -0.39 is 10.5 Å². The first-order chi connectivity index (χ1) is 7.61. The normalized spacial score (nSPS) is 10.6. The molecule has 16 heavy (non-hydrogen) atoms. The zero-order valence-corrected chi connectivity index (χ0v) is 8.14. The Hall–Kier alpha value is -2.21. The van der Waals surface area contributed by atoms with Crippen LogP contribution in [0.2, 0.25) is 0 Å². The van der Waals surface area contributed by atoms with Gasteiger partial charge in [0.1, 0.15) is 0 Å². The van der Waals surface area contributed by atoms with Crippen LogP contribution in [0.1, 0.15) is 5.69 Å². The van der Waals surface area contributed by atoms with E-state index in [4.69, 9.17) is 5.11 Å². The molecule has 0 aliphatic carbocycles. The minimum Gasteiger partial charge on any atom is -0.390 e. The summed E-state index contributed by atoms with van der Waals surface area (Å²) in [6, 6.07) is 5.61. The van der Waals surface area contributed by atoms with Crippen molar-refractivity contribution in [2.45, 2.75) is 6.61 Å². The molecule has 0 aliphatic rings. The van der Waals surface area contributed by atoms with Crippen LogP contribution in [-0.4, -0.2) is 15.0 Å². The molecule has 82 valence electrons. The number of rotatable bonds is 2. The Morgan fingerprint density at radius 3 is 2.75 bits per heavy atom. The number of benzene rings is 1. The Balaban J connectivity index is 2.75. The van der Waals surface area contributed by atoms with E-state index in [0.717, 1.165) is 0 Å². The largest absolute Gasteiger partial charge is 0.390 e. The van der Waals surface area contributed by atoms with Crippen LogP contribution in [0.3, 0.4) is 0 Å². The number of nitro groups is 1. The second-order valence-electron chi connectivity index (χ2n) is 3.31. The minimum absolute atomic E-state index is 0.130. The van der Waals surface area contributed by atoms with Crippen LogP contribution in [-0.2, 0) is 6.61 Å². The van der Waals surface area contributed by atoms with Gasteiger partial charge in [0.15, 0.2) is 0 Å². The number of non-ortho nitro benzene ring substituents is 1. The van der Waals surface area contributed by atoms with E-state index in [1.165, 1.54) is 18.2 Å². The summed E-state index contributed by atoms with van der Waals surface area (Å²) in [5.41, 5.74) is -0.189. The summed E-state index contributed by atoms with van der Waals surface area (Å²) in [7, 11) is 0. The van der Waals surface area contributed by atoms with Gasteiger partial charge in [0.05, 0.1) is 16.9 Å². The van der Waals surface area contributed by atoms with Gasteiger partial charge in [0.25, 0.3) is 11.2 Å². The molecule has 2 N–H and O–H groups in total. The molecule has 2 rings (SSSR count). The van der Waals surface area contributed by atoms with Crippen LogP contribution in [0.5, 0.6) is 0 Å². The topological polar surface area (TPSA) is 96.2 Å². The molecule has 0 amide bonds. The van der Waals surface area contributed by atoms with Crippen molar-refractivity contribution in [3.8, 4) is 0 Å². The highest BCUT2D eigenvalue weighted by Crippen LogP contribution is 2.18. The summed E-state index contributed by atoms with van der Waals surface area (Å²) in [6.07, 6.45) is 0. The molecule has 1 heterocycles. The van der Waals surface area contributed by atoms with Gasteiger partial charge in [-0.2, -0.15) is 0 Å². The van der Waals surface area contributed by atoms with E-state index in [2.05, 4.69) is 4.98 Å². The van der Waals surface area contributed by atoms with Gasteiger partial charge in [-0.3, -0.25) is 14.9 Å². The molecule has 1 aromatic heterocycles. The van der Waals surface area contributed by atoms with Crippen molar-refractivity contribution in [1.29, 1.82) is 0 Å². The molecule has 0 fully saturated rings. The van der Waals surface area contributed by atoms with Gasteiger partial charge in [0.2, 0.25) is 0 Å². The van der Waals surface area contributed by atoms with Crippen LogP contribution in [0.25, 0.3) is 10.8 Å². The average Bonchev–Trinajstić information content (AvgIpc) is 2.28. The Kier molecular flexibility index (Phi) is 2.41. The fourth-order valence-electron chi connectivity index (χ4n) is 1.50. The maximum absolute atomic E-state index is 11.5. The zero-order chi connectivity index (χ0) is 11.7. The smallest absolute Gasteiger partial charge is 0.270 e. The Labute approximate surface area is 89.3 Å². The van der Waals surface area contributed by atoms with E-state index in [0.29, 0.717) is 11.1 Å². The van der Waals surface area contributed by atoms with Crippen LogP contribution < -0.4 is 5.56 Å². The molecule has 0 saturated heterocycles. The molecule has 0 bridgehead atoms. The van der Waals surface area contributed by atoms with E-state index in [1.807, 2.05) is 0 Å². The number of aliphatic hydroxyl groups is 1. The van der Waals surface area contributed by atoms with Crippen molar-refractivity contribution in [2.75, 3.05) is 0 Å². The molecule has 1 aromatic carbocycles. The highest BCUT2D eigenvalue weighted by atomic mass is 16.6. The number of H-pyrrole nitrogens is 1. The molecular weight excluding hydrogens is 212 g/mol. The molecule has 0 saturated carbocycles. The molecule has 0 spiro atoms. The van der Waals surface area contributed by atoms with Gasteiger partial charge in [-0.1, -0.05) is 0 Å². The second-order valence-corrected chi connectivity index (χ2v) is 3.31. The number of aliphatic hydroxyl groups excluding tert-OH is 1. The Bertz CT molecular complexity index is 618. The molecule has 0 atom stereocenters. The van der Waals surface area contributed by atoms with Crippen molar-refractivity contribution < 1.29 is 10.0 Å². The third-order valence-electron chi connectivity index (χ3n) is 2.27. The molecular formula is C10H8N2O4. The number of nitrogens with zero attached hydrogens (tertiary/aromatic N) is 1. The average molecular weight is 220 g/mol. The predicted molar refractivity (Wildman–Crippen MR) is 57.1 cm³/mol. The van der Waals surface area contributed by atoms with Crippen LogP contribution in [0.15, 0.2) is 29.1 Å². The van der Waals surface area contributed by atoms with Crippen LogP contribution in [0.4, 0.5) is 5.69 Å². The summed E-state index contributed by atoms with van der Waals surface area (Å²) in [5, 5.41) is 20.2. The number of fused-ring (bicyclic) bond motifs is 1. The van der Waals surface area contributed by atoms with Crippen molar-refractivity contribution in [3.05, 3.63) is 50.4 Å². The summed E-state index contributed by atoms with van der Waals surface area (Å²) >= 11 is 0. The second kappa shape index (κ2) is 3.74. The number of aromatic amines is 1. The van der Waals surface area contributed by atoms with Gasteiger partial charge < -0.3 is 10.1 Å². The van der Waals surface area contributed by atoms with Crippen LogP contribution in [0, 0.1) is 10.1 Å². The first kappa shape index (κ1) is 10.3. The van der Waals surface area contributed by atoms with Crippen molar-refractivity contribution in [1.82, 2.24) is 4.98 Å². The van der Waals surface area contributed by atoms with Gasteiger partial charge in [-0.05, 0) is 17.5 Å². The summed E-state index contributed by atoms with van der Waals surface area (Å²) in [4.78, 5) is 24.0. The molecule has 0 aliphatic heterocycles. The summed E-state index contributed by atoms with van der Waals surface area (Å²) in [6.45, 7) is -0.276. The van der Waals surface area contributed by atoms with E-state index >= 15 is 0 Å². The lowest BCUT2D eigenvalue weighted by molar-refractivity contribution is -0.384. The SMILES string of the molecule is O=c1[nH]c(CO)cc2ccc([N+](=O)[O-])cc12. The van der Waals surface area contributed by atoms with Gasteiger partial charge >= 0.3 is 0 Å².